The topological polar surface area (TPSA) is 135 Å². The van der Waals surface area contributed by atoms with E-state index in [0.717, 1.165) is 0 Å². The molecule has 2 aromatic heterocycles. The first-order chi connectivity index (χ1) is 16.9. The van der Waals surface area contributed by atoms with Gasteiger partial charge in [0, 0.05) is 19.3 Å². The Bertz CT molecular complexity index is 1140. The number of amides is 1. The van der Waals surface area contributed by atoms with Crippen molar-refractivity contribution in [1.82, 2.24) is 24.6 Å². The Hall–Kier alpha value is -3.84. The molecule has 0 aliphatic heterocycles. The van der Waals surface area contributed by atoms with Crippen LogP contribution in [0.1, 0.15) is 11.1 Å². The molecule has 1 amide bonds. The van der Waals surface area contributed by atoms with Crippen LogP contribution in [0.15, 0.2) is 30.9 Å². The van der Waals surface area contributed by atoms with Crippen molar-refractivity contribution in [3.05, 3.63) is 53.6 Å². The second-order valence-corrected chi connectivity index (χ2v) is 7.41. The molecule has 3 aromatic rings. The predicted molar refractivity (Wildman–Crippen MR) is 120 cm³/mol. The van der Waals surface area contributed by atoms with Crippen LogP contribution in [0.3, 0.4) is 0 Å². The van der Waals surface area contributed by atoms with Gasteiger partial charge < -0.3 is 29.9 Å². The summed E-state index contributed by atoms with van der Waals surface area (Å²) in [5.41, 5.74) is 0.482. The summed E-state index contributed by atoms with van der Waals surface area (Å²) in [7, 11) is 1.30. The van der Waals surface area contributed by atoms with E-state index in [4.69, 9.17) is 19.7 Å². The minimum absolute atomic E-state index is 0.0740. The fourth-order valence-electron chi connectivity index (χ4n) is 3.18. The Morgan fingerprint density at radius 1 is 1.14 bits per heavy atom. The SMILES string of the molecule is COc1cc(C)c(F)c(COc2cnc(Nc3cnn(CC(=O)N(CCO)CCO)c3)nc2)c1F. The van der Waals surface area contributed by atoms with Gasteiger partial charge >= 0.3 is 0 Å². The summed E-state index contributed by atoms with van der Waals surface area (Å²) in [6.07, 6.45) is 5.72. The van der Waals surface area contributed by atoms with E-state index in [1.54, 1.807) is 6.20 Å². The zero-order valence-corrected chi connectivity index (χ0v) is 19.2. The van der Waals surface area contributed by atoms with Crippen molar-refractivity contribution in [2.45, 2.75) is 20.1 Å². The molecule has 35 heavy (non-hydrogen) atoms. The van der Waals surface area contributed by atoms with Gasteiger partial charge in [-0.2, -0.15) is 5.10 Å². The van der Waals surface area contributed by atoms with Gasteiger partial charge in [-0.15, -0.1) is 0 Å². The fourth-order valence-corrected chi connectivity index (χ4v) is 3.18. The fraction of sp³-hybridized carbons (Fsp3) is 0.364. The third-order valence-corrected chi connectivity index (χ3v) is 4.95. The molecule has 0 aliphatic rings. The lowest BCUT2D eigenvalue weighted by molar-refractivity contribution is -0.133. The zero-order chi connectivity index (χ0) is 25.4. The number of aliphatic hydroxyl groups is 2. The number of carbonyl (C=O) groups excluding carboxylic acids is 1. The lowest BCUT2D eigenvalue weighted by Gasteiger charge is -2.20. The number of nitrogens with zero attached hydrogens (tertiary/aromatic N) is 5. The van der Waals surface area contributed by atoms with Gasteiger partial charge in [-0.1, -0.05) is 0 Å². The molecule has 0 spiro atoms. The average molecular weight is 492 g/mol. The normalized spacial score (nSPS) is 10.8. The van der Waals surface area contributed by atoms with Crippen LogP contribution in [-0.2, 0) is 17.9 Å². The first-order valence-electron chi connectivity index (χ1n) is 10.6. The number of ether oxygens (including phenoxy) is 2. The molecule has 0 radical (unpaired) electrons. The number of hydrogen-bond acceptors (Lipinski definition) is 9. The number of rotatable bonds is 12. The minimum Gasteiger partial charge on any atom is -0.494 e. The summed E-state index contributed by atoms with van der Waals surface area (Å²) in [5, 5.41) is 25.1. The number of aromatic nitrogens is 4. The summed E-state index contributed by atoms with van der Waals surface area (Å²) in [6.45, 7) is 0.857. The van der Waals surface area contributed by atoms with Gasteiger partial charge in [-0.25, -0.2) is 18.7 Å². The molecule has 0 bridgehead atoms. The van der Waals surface area contributed by atoms with Crippen molar-refractivity contribution in [2.24, 2.45) is 0 Å². The molecule has 0 fully saturated rings. The molecule has 188 valence electrons. The number of halogens is 2. The molecule has 3 N–H and O–H groups in total. The smallest absolute Gasteiger partial charge is 0.244 e. The standard InChI is InChI=1S/C22H26F2N6O5/c1-14-7-18(34-2)21(24)17(20(14)23)13-35-16-9-25-22(26-10-16)28-15-8-27-30(11-15)12-19(33)29(3-5-31)4-6-32/h7-11,31-32H,3-6,12-13H2,1-2H3,(H,25,26,28). The molecule has 0 unspecified atom stereocenters. The predicted octanol–water partition coefficient (Wildman–Crippen LogP) is 1.40. The van der Waals surface area contributed by atoms with Crippen molar-refractivity contribution in [3.63, 3.8) is 0 Å². The van der Waals surface area contributed by atoms with E-state index < -0.39 is 11.6 Å². The Kier molecular flexibility index (Phi) is 8.86. The average Bonchev–Trinajstić information content (AvgIpc) is 3.28. The highest BCUT2D eigenvalue weighted by Crippen LogP contribution is 2.27. The molecule has 0 aliphatic carbocycles. The molecule has 2 heterocycles. The van der Waals surface area contributed by atoms with E-state index in [-0.39, 0.29) is 73.9 Å². The van der Waals surface area contributed by atoms with E-state index in [2.05, 4.69) is 20.4 Å². The van der Waals surface area contributed by atoms with Gasteiger partial charge in [-0.3, -0.25) is 9.48 Å². The Balaban J connectivity index is 1.59. The van der Waals surface area contributed by atoms with Crippen LogP contribution in [0.25, 0.3) is 0 Å². The van der Waals surface area contributed by atoms with Crippen molar-refractivity contribution in [3.8, 4) is 11.5 Å². The third-order valence-electron chi connectivity index (χ3n) is 4.95. The number of hydrogen-bond donors (Lipinski definition) is 3. The molecule has 3 rings (SSSR count). The summed E-state index contributed by atoms with van der Waals surface area (Å²) >= 11 is 0. The van der Waals surface area contributed by atoms with Gasteiger partial charge in [0.2, 0.25) is 11.9 Å². The van der Waals surface area contributed by atoms with Crippen molar-refractivity contribution >= 4 is 17.5 Å². The van der Waals surface area contributed by atoms with Crippen LogP contribution in [-0.4, -0.2) is 74.2 Å². The number of aryl methyl sites for hydroxylation is 1. The molecule has 0 saturated heterocycles. The van der Waals surface area contributed by atoms with Crippen molar-refractivity contribution < 1.29 is 33.3 Å². The maximum absolute atomic E-state index is 14.4. The number of anilines is 2. The zero-order valence-electron chi connectivity index (χ0n) is 19.2. The van der Waals surface area contributed by atoms with Crippen LogP contribution in [0.4, 0.5) is 20.4 Å². The van der Waals surface area contributed by atoms with Gasteiger partial charge in [0.15, 0.2) is 17.3 Å². The highest BCUT2D eigenvalue weighted by molar-refractivity contribution is 5.76. The molecule has 13 heteroatoms. The van der Waals surface area contributed by atoms with E-state index in [0.29, 0.717) is 5.69 Å². The van der Waals surface area contributed by atoms with Gasteiger partial charge in [0.1, 0.15) is 19.0 Å². The second-order valence-electron chi connectivity index (χ2n) is 7.41. The monoisotopic (exact) mass is 492 g/mol. The van der Waals surface area contributed by atoms with Crippen LogP contribution >= 0.6 is 0 Å². The lowest BCUT2D eigenvalue weighted by Crippen LogP contribution is -2.38. The van der Waals surface area contributed by atoms with Crippen LogP contribution in [0.5, 0.6) is 11.5 Å². The number of methoxy groups -OCH3 is 1. The first-order valence-corrected chi connectivity index (χ1v) is 10.6. The molecule has 1 aromatic carbocycles. The molecule has 0 saturated carbocycles. The quantitative estimate of drug-likeness (QED) is 0.343. The van der Waals surface area contributed by atoms with Crippen molar-refractivity contribution in [1.29, 1.82) is 0 Å². The van der Waals surface area contributed by atoms with Crippen LogP contribution < -0.4 is 14.8 Å². The Labute approximate surface area is 199 Å². The maximum atomic E-state index is 14.4. The van der Waals surface area contributed by atoms with E-state index >= 15 is 0 Å². The third kappa shape index (κ3) is 6.61. The number of benzene rings is 1. The van der Waals surface area contributed by atoms with Gasteiger partial charge in [0.25, 0.3) is 0 Å². The molecule has 11 nitrogen and oxygen atoms in total. The van der Waals surface area contributed by atoms with E-state index in [1.165, 1.54) is 48.3 Å². The van der Waals surface area contributed by atoms with Gasteiger partial charge in [0.05, 0.1) is 50.2 Å². The van der Waals surface area contributed by atoms with Crippen molar-refractivity contribution in [2.75, 3.05) is 38.7 Å². The lowest BCUT2D eigenvalue weighted by atomic mass is 10.1. The first kappa shape index (κ1) is 25.8. The summed E-state index contributed by atoms with van der Waals surface area (Å²) in [4.78, 5) is 21.8. The number of nitrogens with one attached hydrogen (secondary N) is 1. The number of carbonyl (C=O) groups is 1. The second kappa shape index (κ2) is 12.0. The van der Waals surface area contributed by atoms with Gasteiger partial charge in [-0.05, 0) is 18.6 Å². The molecular formula is C22H26F2N6O5. The van der Waals surface area contributed by atoms with E-state index in [9.17, 15) is 13.6 Å². The maximum Gasteiger partial charge on any atom is 0.244 e. The summed E-state index contributed by atoms with van der Waals surface area (Å²) < 4.78 is 40.5. The highest BCUT2D eigenvalue weighted by Gasteiger charge is 2.18. The van der Waals surface area contributed by atoms with E-state index in [1.807, 2.05) is 0 Å². The Morgan fingerprint density at radius 2 is 1.83 bits per heavy atom. The largest absolute Gasteiger partial charge is 0.494 e. The van der Waals surface area contributed by atoms with Crippen LogP contribution in [0.2, 0.25) is 0 Å². The molecule has 0 atom stereocenters. The molecular weight excluding hydrogens is 466 g/mol. The van der Waals surface area contributed by atoms with Crippen LogP contribution in [0, 0.1) is 18.6 Å². The minimum atomic E-state index is -0.832. The highest BCUT2D eigenvalue weighted by atomic mass is 19.1. The number of aliphatic hydroxyl groups excluding tert-OH is 2. The summed E-state index contributed by atoms with van der Waals surface area (Å²) in [5.74, 6) is -1.52. The Morgan fingerprint density at radius 3 is 2.46 bits per heavy atom. The summed E-state index contributed by atoms with van der Waals surface area (Å²) in [6, 6.07) is 1.27.